The third kappa shape index (κ3) is 9.38. The molecule has 0 spiro atoms. The van der Waals surface area contributed by atoms with Gasteiger partial charge in [0.2, 0.25) is 5.91 Å². The monoisotopic (exact) mass is 602 g/mol. The van der Waals surface area contributed by atoms with Crippen molar-refractivity contribution in [3.05, 3.63) is 89.5 Å². The predicted molar refractivity (Wildman–Crippen MR) is 168 cm³/mol. The molecule has 3 N–H and O–H groups in total. The summed E-state index contributed by atoms with van der Waals surface area (Å²) in [6, 6.07) is 16.0. The number of nitrogens with one attached hydrogen (secondary N) is 1. The van der Waals surface area contributed by atoms with Gasteiger partial charge in [0.25, 0.3) is 0 Å². The molecule has 3 unspecified atom stereocenters. The lowest BCUT2D eigenvalue weighted by atomic mass is 9.94. The highest BCUT2D eigenvalue weighted by molar-refractivity contribution is 6.01. The summed E-state index contributed by atoms with van der Waals surface area (Å²) in [5.41, 5.74) is 3.02. The van der Waals surface area contributed by atoms with E-state index in [9.17, 15) is 19.2 Å². The summed E-state index contributed by atoms with van der Waals surface area (Å²) in [5, 5.41) is 4.14. The molecular formula is C35H44N3O6+. The van der Waals surface area contributed by atoms with Crippen LogP contribution in [0, 0.1) is 5.92 Å². The highest BCUT2D eigenvalue weighted by Crippen LogP contribution is 2.34. The number of alkyl carbamates (subject to hydrolysis) is 1. The Morgan fingerprint density at radius 3 is 2.50 bits per heavy atom. The molecule has 9 heteroatoms. The van der Waals surface area contributed by atoms with E-state index < -0.39 is 29.7 Å². The summed E-state index contributed by atoms with van der Waals surface area (Å²) in [7, 11) is 0. The number of ether oxygens (including phenoxy) is 2. The van der Waals surface area contributed by atoms with E-state index in [2.05, 4.69) is 18.3 Å². The van der Waals surface area contributed by atoms with Crippen LogP contribution < -0.4 is 15.5 Å². The molecule has 44 heavy (non-hydrogen) atoms. The van der Waals surface area contributed by atoms with E-state index in [1.807, 2.05) is 66.7 Å². The number of rotatable bonds is 11. The maximum atomic E-state index is 14.2. The van der Waals surface area contributed by atoms with E-state index >= 15 is 0 Å². The molecule has 3 atom stereocenters. The van der Waals surface area contributed by atoms with Crippen LogP contribution in [-0.4, -0.2) is 54.7 Å². The summed E-state index contributed by atoms with van der Waals surface area (Å²) in [5.74, 6) is -0.706. The average molecular weight is 603 g/mol. The Labute approximate surface area is 259 Å². The molecule has 4 rings (SSSR count). The molecule has 1 aliphatic heterocycles. The number of allylic oxidation sites excluding steroid dienone is 3. The van der Waals surface area contributed by atoms with Gasteiger partial charge in [-0.3, -0.25) is 10.1 Å². The van der Waals surface area contributed by atoms with E-state index in [0.29, 0.717) is 30.9 Å². The maximum Gasteiger partial charge on any atom is 0.408 e. The molecule has 234 valence electrons. The van der Waals surface area contributed by atoms with Gasteiger partial charge in [0.1, 0.15) is 18.2 Å². The number of esters is 1. The number of para-hydroxylation sites is 1. The molecule has 0 radical (unpaired) electrons. The van der Waals surface area contributed by atoms with Crippen LogP contribution in [0.2, 0.25) is 0 Å². The van der Waals surface area contributed by atoms with Gasteiger partial charge in [-0.1, -0.05) is 73.7 Å². The SMILES string of the molecule is CC1CC=CC=C1COC(=O)C[NH2+]C(=O)CC1Cc2ccccc2N1C(=O)C(CCc1ccccc1)NC(=O)OC(C)(C)C. The van der Waals surface area contributed by atoms with Gasteiger partial charge in [-0.2, -0.15) is 0 Å². The van der Waals surface area contributed by atoms with Crippen molar-refractivity contribution in [2.45, 2.75) is 77.5 Å². The van der Waals surface area contributed by atoms with Crippen molar-refractivity contribution in [3.8, 4) is 0 Å². The largest absolute Gasteiger partial charge is 0.457 e. The first-order chi connectivity index (χ1) is 21.0. The van der Waals surface area contributed by atoms with Crippen LogP contribution in [0.1, 0.15) is 58.1 Å². The fraction of sp³-hybridized carbons (Fsp3) is 0.429. The summed E-state index contributed by atoms with van der Waals surface area (Å²) in [6.45, 7) is 7.46. The van der Waals surface area contributed by atoms with Gasteiger partial charge in [-0.15, -0.1) is 0 Å². The number of quaternary nitrogens is 1. The molecule has 0 aromatic heterocycles. The smallest absolute Gasteiger partial charge is 0.408 e. The Kier molecular flexibility index (Phi) is 11.1. The van der Waals surface area contributed by atoms with Crippen molar-refractivity contribution in [2.75, 3.05) is 18.1 Å². The second kappa shape index (κ2) is 15.0. The highest BCUT2D eigenvalue weighted by atomic mass is 16.6. The number of carbonyl (C=O) groups is 4. The number of nitrogens with zero attached hydrogens (tertiary/aromatic N) is 1. The zero-order chi connectivity index (χ0) is 31.7. The quantitative estimate of drug-likeness (QED) is 0.375. The standard InChI is InChI=1S/C35H43N3O6/c1-24-12-8-9-16-27(24)23-43-32(40)22-36-31(39)21-28-20-26-15-10-11-17-30(26)38(28)33(41)29(37-34(42)44-35(2,3)4)19-18-25-13-6-5-7-14-25/h5-11,13-17,24,28-29H,12,18-23H2,1-4H3,(H,36,39)(H,37,42)/p+1. The number of hydrogen-bond acceptors (Lipinski definition) is 6. The number of primary amides is 1. The molecule has 1 aliphatic carbocycles. The molecular weight excluding hydrogens is 558 g/mol. The van der Waals surface area contributed by atoms with Crippen molar-refractivity contribution in [1.82, 2.24) is 5.32 Å². The van der Waals surface area contributed by atoms with Crippen LogP contribution in [0.15, 0.2) is 78.4 Å². The Morgan fingerprint density at radius 1 is 1.05 bits per heavy atom. The first-order valence-electron chi connectivity index (χ1n) is 15.3. The van der Waals surface area contributed by atoms with Gasteiger partial charge in [0.15, 0.2) is 6.54 Å². The fourth-order valence-corrected chi connectivity index (χ4v) is 5.47. The van der Waals surface area contributed by atoms with E-state index in [1.54, 1.807) is 25.7 Å². The van der Waals surface area contributed by atoms with Crippen LogP contribution >= 0.6 is 0 Å². The van der Waals surface area contributed by atoms with Crippen molar-refractivity contribution in [2.24, 2.45) is 5.92 Å². The molecule has 3 amide bonds. The number of anilines is 1. The molecule has 0 saturated heterocycles. The number of fused-ring (bicyclic) bond motifs is 1. The fourth-order valence-electron chi connectivity index (χ4n) is 5.47. The zero-order valence-electron chi connectivity index (χ0n) is 26.1. The van der Waals surface area contributed by atoms with E-state index in [1.165, 1.54) is 5.32 Å². The second-order valence-electron chi connectivity index (χ2n) is 12.5. The average Bonchev–Trinajstić information content (AvgIpc) is 3.34. The summed E-state index contributed by atoms with van der Waals surface area (Å²) >= 11 is 0. The minimum Gasteiger partial charge on any atom is -0.457 e. The first kappa shape index (κ1) is 32.7. The van der Waals surface area contributed by atoms with Crippen molar-refractivity contribution in [1.29, 1.82) is 0 Å². The zero-order valence-corrected chi connectivity index (χ0v) is 26.1. The maximum absolute atomic E-state index is 14.2. The van der Waals surface area contributed by atoms with E-state index in [4.69, 9.17) is 9.47 Å². The Hall–Kier alpha value is -4.24. The molecule has 9 nitrogen and oxygen atoms in total. The van der Waals surface area contributed by atoms with Gasteiger partial charge in [0, 0.05) is 5.69 Å². The Morgan fingerprint density at radius 2 is 1.77 bits per heavy atom. The van der Waals surface area contributed by atoms with Crippen molar-refractivity contribution < 1.29 is 34.0 Å². The third-order valence-corrected chi connectivity index (χ3v) is 7.76. The summed E-state index contributed by atoms with van der Waals surface area (Å²) < 4.78 is 10.9. The van der Waals surface area contributed by atoms with E-state index in [-0.39, 0.29) is 31.4 Å². The lowest BCUT2D eigenvalue weighted by Gasteiger charge is -2.30. The van der Waals surface area contributed by atoms with Crippen molar-refractivity contribution in [3.63, 3.8) is 0 Å². The van der Waals surface area contributed by atoms with Gasteiger partial charge in [-0.25, -0.2) is 14.4 Å². The minimum atomic E-state index is -0.876. The van der Waals surface area contributed by atoms with Gasteiger partial charge >= 0.3 is 18.0 Å². The first-order valence-corrected chi connectivity index (χ1v) is 15.3. The molecule has 2 aromatic rings. The lowest BCUT2D eigenvalue weighted by molar-refractivity contribution is -0.559. The van der Waals surface area contributed by atoms with E-state index in [0.717, 1.165) is 23.1 Å². The Balaban J connectivity index is 1.43. The number of amides is 3. The van der Waals surface area contributed by atoms with Crippen LogP contribution in [0.4, 0.5) is 10.5 Å². The van der Waals surface area contributed by atoms with Gasteiger partial charge in [0.05, 0.1) is 12.5 Å². The number of carbonyl (C=O) groups excluding carboxylic acids is 4. The molecule has 0 saturated carbocycles. The molecule has 2 aromatic carbocycles. The van der Waals surface area contributed by atoms with Gasteiger partial charge < -0.3 is 19.7 Å². The number of nitrogens with two attached hydrogens (primary N) is 1. The van der Waals surface area contributed by atoms with Crippen LogP contribution in [0.3, 0.4) is 0 Å². The molecule has 2 aliphatic rings. The summed E-state index contributed by atoms with van der Waals surface area (Å²) in [6.07, 6.45) is 7.68. The van der Waals surface area contributed by atoms with Crippen LogP contribution in [-0.2, 0) is 36.7 Å². The molecule has 0 bridgehead atoms. The van der Waals surface area contributed by atoms with Crippen LogP contribution in [0.5, 0.6) is 0 Å². The highest BCUT2D eigenvalue weighted by Gasteiger charge is 2.39. The van der Waals surface area contributed by atoms with Gasteiger partial charge in [-0.05, 0) is 75.1 Å². The number of benzene rings is 2. The second-order valence-corrected chi connectivity index (χ2v) is 12.5. The normalized spacial score (nSPS) is 18.2. The lowest BCUT2D eigenvalue weighted by Crippen LogP contribution is -2.90. The van der Waals surface area contributed by atoms with Crippen LogP contribution in [0.25, 0.3) is 0 Å². The molecule has 1 heterocycles. The number of hydrogen-bond donors (Lipinski definition) is 2. The Bertz CT molecular complexity index is 1390. The molecule has 0 fully saturated rings. The topological polar surface area (TPSA) is 119 Å². The number of aryl methyl sites for hydroxylation is 1. The van der Waals surface area contributed by atoms with Crippen molar-refractivity contribution >= 4 is 29.6 Å². The summed E-state index contributed by atoms with van der Waals surface area (Å²) in [4.78, 5) is 54.1. The third-order valence-electron chi connectivity index (χ3n) is 7.76. The minimum absolute atomic E-state index is 0.0402. The predicted octanol–water partition coefficient (Wildman–Crippen LogP) is 4.02.